The molecule has 1 heterocycles. The quantitative estimate of drug-likeness (QED) is 0.623. The first-order valence-electron chi connectivity index (χ1n) is 4.62. The molecule has 17 heavy (non-hydrogen) atoms. The lowest BCUT2D eigenvalue weighted by atomic mass is 10.1. The molecule has 0 spiro atoms. The average molecular weight is 264 g/mol. The van der Waals surface area contributed by atoms with Crippen molar-refractivity contribution in [1.29, 1.82) is 0 Å². The van der Waals surface area contributed by atoms with Crippen molar-refractivity contribution in [3.63, 3.8) is 0 Å². The average Bonchev–Trinajstić information content (AvgIpc) is 2.58. The van der Waals surface area contributed by atoms with Gasteiger partial charge in [-0.3, -0.25) is 4.79 Å². The molecule has 86 valence electrons. The summed E-state index contributed by atoms with van der Waals surface area (Å²) in [7, 11) is 0. The Kier molecular flexibility index (Phi) is 3.26. The second-order valence-corrected chi connectivity index (χ2v) is 4.98. The zero-order chi connectivity index (χ0) is 12.4. The number of aromatic carboxylic acids is 1. The molecule has 0 unspecified atom stereocenters. The van der Waals surface area contributed by atoms with Crippen molar-refractivity contribution in [3.8, 4) is 0 Å². The Morgan fingerprint density at radius 1 is 1.35 bits per heavy atom. The van der Waals surface area contributed by atoms with E-state index in [-0.39, 0.29) is 11.5 Å². The van der Waals surface area contributed by atoms with Crippen molar-refractivity contribution in [2.75, 3.05) is 0 Å². The van der Waals surface area contributed by atoms with Crippen LogP contribution in [0.25, 0.3) is 6.08 Å². The molecule has 1 aromatic carbocycles. The van der Waals surface area contributed by atoms with Crippen molar-refractivity contribution in [2.45, 2.75) is 0 Å². The fraction of sp³-hybridized carbons (Fsp3) is 0. The maximum absolute atomic E-state index is 11.4. The third kappa shape index (κ3) is 2.72. The molecule has 1 aromatic rings. The molecule has 1 aliphatic rings. The van der Waals surface area contributed by atoms with E-state index in [1.807, 2.05) is 0 Å². The van der Waals surface area contributed by atoms with Crippen molar-refractivity contribution in [3.05, 3.63) is 40.3 Å². The Morgan fingerprint density at radius 2 is 2.00 bits per heavy atom. The minimum absolute atomic E-state index is 0.103. The fourth-order valence-electron chi connectivity index (χ4n) is 1.29. The number of thioether (sulfide) groups is 1. The summed E-state index contributed by atoms with van der Waals surface area (Å²) in [6, 6.07) is 6.07. The number of hydrogen-bond donors (Lipinski definition) is 1. The SMILES string of the molecule is O=C1NC(=S)S/C1=C\c1ccc(C(=O)[O-])cc1. The lowest BCUT2D eigenvalue weighted by Gasteiger charge is -2.01. The molecule has 1 fully saturated rings. The fourth-order valence-corrected chi connectivity index (χ4v) is 2.33. The van der Waals surface area contributed by atoms with E-state index in [2.05, 4.69) is 5.32 Å². The molecular weight excluding hydrogens is 258 g/mol. The van der Waals surface area contributed by atoms with Crippen LogP contribution in [0.15, 0.2) is 29.2 Å². The Bertz CT molecular complexity index is 534. The summed E-state index contributed by atoms with van der Waals surface area (Å²) in [5.74, 6) is -1.46. The van der Waals surface area contributed by atoms with E-state index in [1.54, 1.807) is 18.2 Å². The number of carboxylic acids is 1. The topological polar surface area (TPSA) is 69.2 Å². The van der Waals surface area contributed by atoms with Crippen LogP contribution in [0.4, 0.5) is 0 Å². The standard InChI is InChI=1S/C11H7NO3S2/c13-9-8(17-11(16)12-9)5-6-1-3-7(4-2-6)10(14)15/h1-5H,(H,14,15)(H,12,13,16)/p-1/b8-5-. The highest BCUT2D eigenvalue weighted by molar-refractivity contribution is 8.26. The summed E-state index contributed by atoms with van der Waals surface area (Å²) < 4.78 is 0.424. The molecule has 2 rings (SSSR count). The number of benzene rings is 1. The maximum Gasteiger partial charge on any atom is 0.263 e. The molecule has 0 bridgehead atoms. The number of carbonyl (C=O) groups is 2. The highest BCUT2D eigenvalue weighted by Gasteiger charge is 2.21. The Hall–Kier alpha value is -1.66. The molecule has 1 amide bonds. The molecular formula is C11H6NO3S2-. The molecule has 0 aromatic heterocycles. The van der Waals surface area contributed by atoms with Crippen molar-refractivity contribution < 1.29 is 14.7 Å². The number of carbonyl (C=O) groups excluding carboxylic acids is 2. The van der Waals surface area contributed by atoms with Crippen molar-refractivity contribution in [1.82, 2.24) is 5.32 Å². The lowest BCUT2D eigenvalue weighted by Crippen LogP contribution is -2.21. The van der Waals surface area contributed by atoms with E-state index >= 15 is 0 Å². The first-order chi connectivity index (χ1) is 8.06. The van der Waals surface area contributed by atoms with Gasteiger partial charge < -0.3 is 15.2 Å². The van der Waals surface area contributed by atoms with Crippen LogP contribution >= 0.6 is 24.0 Å². The van der Waals surface area contributed by atoms with Gasteiger partial charge in [-0.2, -0.15) is 0 Å². The molecule has 1 saturated heterocycles. The van der Waals surface area contributed by atoms with Crippen LogP contribution in [-0.4, -0.2) is 16.2 Å². The van der Waals surface area contributed by atoms with Crippen molar-refractivity contribution in [2.24, 2.45) is 0 Å². The van der Waals surface area contributed by atoms with Crippen LogP contribution < -0.4 is 10.4 Å². The van der Waals surface area contributed by atoms with Gasteiger partial charge in [-0.1, -0.05) is 48.2 Å². The normalized spacial score (nSPS) is 17.3. The van der Waals surface area contributed by atoms with Gasteiger partial charge in [-0.05, 0) is 17.2 Å². The Labute approximate surface area is 107 Å². The highest BCUT2D eigenvalue weighted by Crippen LogP contribution is 2.25. The lowest BCUT2D eigenvalue weighted by molar-refractivity contribution is -0.255. The molecule has 0 aliphatic carbocycles. The van der Waals surface area contributed by atoms with Crippen LogP contribution in [0.5, 0.6) is 0 Å². The van der Waals surface area contributed by atoms with Gasteiger partial charge in [0.25, 0.3) is 5.91 Å². The van der Waals surface area contributed by atoms with E-state index in [1.165, 1.54) is 23.9 Å². The van der Waals surface area contributed by atoms with E-state index in [4.69, 9.17) is 12.2 Å². The third-order valence-electron chi connectivity index (χ3n) is 2.09. The molecule has 0 saturated carbocycles. The minimum Gasteiger partial charge on any atom is -0.545 e. The van der Waals surface area contributed by atoms with Gasteiger partial charge in [-0.25, -0.2) is 0 Å². The predicted octanol–water partition coefficient (Wildman–Crippen LogP) is 0.539. The van der Waals surface area contributed by atoms with Gasteiger partial charge in [0, 0.05) is 0 Å². The zero-order valence-electron chi connectivity index (χ0n) is 8.43. The predicted molar refractivity (Wildman–Crippen MR) is 67.1 cm³/mol. The maximum atomic E-state index is 11.4. The molecule has 6 heteroatoms. The van der Waals surface area contributed by atoms with Gasteiger partial charge >= 0.3 is 0 Å². The van der Waals surface area contributed by atoms with E-state index in [0.29, 0.717) is 9.23 Å². The molecule has 4 nitrogen and oxygen atoms in total. The van der Waals surface area contributed by atoms with Gasteiger partial charge in [0.1, 0.15) is 4.32 Å². The van der Waals surface area contributed by atoms with Crippen LogP contribution in [0.3, 0.4) is 0 Å². The minimum atomic E-state index is -1.22. The van der Waals surface area contributed by atoms with E-state index in [9.17, 15) is 14.7 Å². The third-order valence-corrected chi connectivity index (χ3v) is 3.25. The van der Waals surface area contributed by atoms with Gasteiger partial charge in [0.15, 0.2) is 0 Å². The molecule has 1 N–H and O–H groups in total. The Morgan fingerprint density at radius 3 is 2.47 bits per heavy atom. The van der Waals surface area contributed by atoms with E-state index < -0.39 is 5.97 Å². The van der Waals surface area contributed by atoms with Crippen LogP contribution in [0.2, 0.25) is 0 Å². The molecule has 1 aliphatic heterocycles. The van der Waals surface area contributed by atoms with Crippen molar-refractivity contribution >= 4 is 46.3 Å². The van der Waals surface area contributed by atoms with Crippen LogP contribution in [-0.2, 0) is 4.79 Å². The summed E-state index contributed by atoms with van der Waals surface area (Å²) in [6.07, 6.45) is 1.65. The van der Waals surface area contributed by atoms with Gasteiger partial charge in [-0.15, -0.1) is 0 Å². The number of nitrogens with one attached hydrogen (secondary N) is 1. The first kappa shape index (κ1) is 11.8. The van der Waals surface area contributed by atoms with Crippen LogP contribution in [0, 0.1) is 0 Å². The second kappa shape index (κ2) is 4.68. The largest absolute Gasteiger partial charge is 0.545 e. The smallest absolute Gasteiger partial charge is 0.263 e. The van der Waals surface area contributed by atoms with Gasteiger partial charge in [0.05, 0.1) is 10.9 Å². The van der Waals surface area contributed by atoms with Crippen LogP contribution in [0.1, 0.15) is 15.9 Å². The molecule has 0 radical (unpaired) electrons. The second-order valence-electron chi connectivity index (χ2n) is 3.26. The number of hydrogen-bond acceptors (Lipinski definition) is 5. The summed E-state index contributed by atoms with van der Waals surface area (Å²) >= 11 is 6.03. The van der Waals surface area contributed by atoms with Gasteiger partial charge in [0.2, 0.25) is 0 Å². The Balaban J connectivity index is 2.24. The summed E-state index contributed by atoms with van der Waals surface area (Å²) in [5.41, 5.74) is 0.837. The molecule has 0 atom stereocenters. The summed E-state index contributed by atoms with van der Waals surface area (Å²) in [4.78, 5) is 22.4. The van der Waals surface area contributed by atoms with E-state index in [0.717, 1.165) is 5.56 Å². The number of thiocarbonyl (C=S) groups is 1. The monoisotopic (exact) mass is 264 g/mol. The number of rotatable bonds is 2. The number of carboxylic acid groups (broad SMARTS) is 1. The first-order valence-corrected chi connectivity index (χ1v) is 5.85. The number of amides is 1. The highest BCUT2D eigenvalue weighted by atomic mass is 32.2. The zero-order valence-corrected chi connectivity index (χ0v) is 10.1. The summed E-state index contributed by atoms with van der Waals surface area (Å²) in [6.45, 7) is 0. The summed E-state index contributed by atoms with van der Waals surface area (Å²) in [5, 5.41) is 13.0.